The Morgan fingerprint density at radius 2 is 1.94 bits per heavy atom. The van der Waals surface area contributed by atoms with E-state index in [1.807, 2.05) is 38.1 Å². The lowest BCUT2D eigenvalue weighted by Crippen LogP contribution is -2.23. The molecule has 0 amide bonds. The minimum absolute atomic E-state index is 0.0570. The number of halogens is 1. The number of alkyl halides is 1. The molecule has 0 radical (unpaired) electrons. The van der Waals surface area contributed by atoms with E-state index in [0.29, 0.717) is 0 Å². The van der Waals surface area contributed by atoms with E-state index in [4.69, 9.17) is 21.1 Å². The highest BCUT2D eigenvalue weighted by molar-refractivity contribution is 6.21. The van der Waals surface area contributed by atoms with E-state index in [9.17, 15) is 0 Å². The van der Waals surface area contributed by atoms with Crippen LogP contribution in [0.2, 0.25) is 0 Å². The van der Waals surface area contributed by atoms with Gasteiger partial charge in [0.15, 0.2) is 0 Å². The lowest BCUT2D eigenvalue weighted by Gasteiger charge is -2.27. The van der Waals surface area contributed by atoms with Gasteiger partial charge in [0.1, 0.15) is 5.75 Å². The summed E-state index contributed by atoms with van der Waals surface area (Å²) >= 11 is 6.48. The van der Waals surface area contributed by atoms with Crippen molar-refractivity contribution in [3.63, 3.8) is 0 Å². The van der Waals surface area contributed by atoms with Gasteiger partial charge in [0.25, 0.3) is 0 Å². The maximum atomic E-state index is 6.48. The lowest BCUT2D eigenvalue weighted by atomic mass is 10.0. The molecule has 1 saturated heterocycles. The summed E-state index contributed by atoms with van der Waals surface area (Å²) in [6.07, 6.45) is 3.77. The van der Waals surface area contributed by atoms with Crippen molar-refractivity contribution in [1.29, 1.82) is 0 Å². The monoisotopic (exact) mass is 268 g/mol. The van der Waals surface area contributed by atoms with Crippen molar-refractivity contribution in [1.82, 2.24) is 0 Å². The second-order valence-corrected chi connectivity index (χ2v) is 5.51. The summed E-state index contributed by atoms with van der Waals surface area (Å²) in [6, 6.07) is 8.03. The van der Waals surface area contributed by atoms with E-state index in [2.05, 4.69) is 0 Å². The van der Waals surface area contributed by atoms with Crippen LogP contribution in [0.4, 0.5) is 0 Å². The Bertz CT molecular complexity index is 355. The number of benzene rings is 1. The molecule has 0 bridgehead atoms. The molecular weight excluding hydrogens is 248 g/mol. The fraction of sp³-hybridized carbons (Fsp3) is 0.600. The van der Waals surface area contributed by atoms with Gasteiger partial charge in [-0.1, -0.05) is 12.1 Å². The Labute approximate surface area is 114 Å². The van der Waals surface area contributed by atoms with Gasteiger partial charge in [-0.2, -0.15) is 0 Å². The summed E-state index contributed by atoms with van der Waals surface area (Å²) in [5.41, 5.74) is 1.11. The molecule has 0 aromatic heterocycles. The van der Waals surface area contributed by atoms with Crippen molar-refractivity contribution in [3.8, 4) is 5.75 Å². The van der Waals surface area contributed by atoms with Gasteiger partial charge in [0, 0.05) is 6.61 Å². The molecule has 0 N–H and O–H groups in total. The van der Waals surface area contributed by atoms with Crippen molar-refractivity contribution in [2.45, 2.75) is 50.7 Å². The van der Waals surface area contributed by atoms with E-state index >= 15 is 0 Å². The third kappa shape index (κ3) is 3.63. The zero-order valence-electron chi connectivity index (χ0n) is 11.1. The minimum atomic E-state index is -0.0570. The molecule has 100 valence electrons. The smallest absolute Gasteiger partial charge is 0.119 e. The number of rotatable bonds is 4. The fourth-order valence-electron chi connectivity index (χ4n) is 2.21. The van der Waals surface area contributed by atoms with Crippen LogP contribution in [0.15, 0.2) is 24.3 Å². The van der Waals surface area contributed by atoms with Crippen LogP contribution in [0.25, 0.3) is 0 Å². The zero-order chi connectivity index (χ0) is 13.0. The molecule has 2 nitrogen and oxygen atoms in total. The Balaban J connectivity index is 1.99. The Hall–Kier alpha value is -0.730. The molecule has 1 aromatic carbocycles. The molecule has 1 aliphatic heterocycles. The van der Waals surface area contributed by atoms with Crippen LogP contribution in [0.3, 0.4) is 0 Å². The number of hydrogen-bond donors (Lipinski definition) is 0. The third-order valence-corrected chi connectivity index (χ3v) is 3.64. The van der Waals surface area contributed by atoms with Crippen molar-refractivity contribution < 1.29 is 9.47 Å². The number of hydrogen-bond acceptors (Lipinski definition) is 2. The quantitative estimate of drug-likeness (QED) is 0.757. The lowest BCUT2D eigenvalue weighted by molar-refractivity contribution is 0.0136. The zero-order valence-corrected chi connectivity index (χ0v) is 11.8. The van der Waals surface area contributed by atoms with E-state index in [1.54, 1.807) is 0 Å². The normalized spacial score (nSPS) is 21.9. The Kier molecular flexibility index (Phi) is 4.90. The highest BCUT2D eigenvalue weighted by Crippen LogP contribution is 2.32. The van der Waals surface area contributed by atoms with Gasteiger partial charge >= 0.3 is 0 Å². The standard InChI is InChI=1S/C15H21ClO2/c1-11(2)18-13-8-6-12(7-9-13)15(16)14-5-3-4-10-17-14/h6-9,11,14-15H,3-5,10H2,1-2H3. The molecule has 0 aliphatic carbocycles. The fourth-order valence-corrected chi connectivity index (χ4v) is 2.56. The third-order valence-electron chi connectivity index (χ3n) is 3.11. The van der Waals surface area contributed by atoms with Gasteiger partial charge in [0.05, 0.1) is 17.6 Å². The Morgan fingerprint density at radius 3 is 2.50 bits per heavy atom. The minimum Gasteiger partial charge on any atom is -0.491 e. The SMILES string of the molecule is CC(C)Oc1ccc(C(Cl)C2CCCCO2)cc1. The molecule has 2 unspecified atom stereocenters. The second kappa shape index (κ2) is 6.44. The summed E-state index contributed by atoms with van der Waals surface area (Å²) in [5.74, 6) is 0.891. The van der Waals surface area contributed by atoms with Gasteiger partial charge in [-0.15, -0.1) is 11.6 Å². The van der Waals surface area contributed by atoms with Crippen molar-refractivity contribution in [2.75, 3.05) is 6.61 Å². The molecule has 2 atom stereocenters. The van der Waals surface area contributed by atoms with Crippen molar-refractivity contribution in [3.05, 3.63) is 29.8 Å². The highest BCUT2D eigenvalue weighted by atomic mass is 35.5. The summed E-state index contributed by atoms with van der Waals surface area (Å²) in [7, 11) is 0. The van der Waals surface area contributed by atoms with Gasteiger partial charge in [-0.25, -0.2) is 0 Å². The molecule has 1 aliphatic rings. The van der Waals surface area contributed by atoms with Crippen LogP contribution in [-0.2, 0) is 4.74 Å². The van der Waals surface area contributed by atoms with Crippen molar-refractivity contribution >= 4 is 11.6 Å². The predicted octanol–water partition coefficient (Wildman–Crippen LogP) is 4.32. The summed E-state index contributed by atoms with van der Waals surface area (Å²) in [4.78, 5) is 0. The molecular formula is C15H21ClO2. The molecule has 1 fully saturated rings. The predicted molar refractivity (Wildman–Crippen MR) is 74.4 cm³/mol. The molecule has 0 saturated carbocycles. The first-order valence-corrected chi connectivity index (χ1v) is 7.13. The van der Waals surface area contributed by atoms with Gasteiger partial charge in [0.2, 0.25) is 0 Å². The summed E-state index contributed by atoms with van der Waals surface area (Å²) in [5, 5.41) is -0.0570. The average Bonchev–Trinajstić information content (AvgIpc) is 2.39. The Morgan fingerprint density at radius 1 is 1.22 bits per heavy atom. The summed E-state index contributed by atoms with van der Waals surface area (Å²) in [6.45, 7) is 4.88. The van der Waals surface area contributed by atoms with Crippen LogP contribution < -0.4 is 4.74 Å². The molecule has 1 aromatic rings. The maximum Gasteiger partial charge on any atom is 0.119 e. The van der Waals surface area contributed by atoms with Crippen LogP contribution in [-0.4, -0.2) is 18.8 Å². The van der Waals surface area contributed by atoms with Gasteiger partial charge in [-0.05, 0) is 50.8 Å². The van der Waals surface area contributed by atoms with E-state index in [-0.39, 0.29) is 17.6 Å². The van der Waals surface area contributed by atoms with Gasteiger partial charge < -0.3 is 9.47 Å². The summed E-state index contributed by atoms with van der Waals surface area (Å²) < 4.78 is 11.3. The van der Waals surface area contributed by atoms with E-state index in [0.717, 1.165) is 30.8 Å². The second-order valence-electron chi connectivity index (χ2n) is 5.04. The highest BCUT2D eigenvalue weighted by Gasteiger charge is 2.23. The van der Waals surface area contributed by atoms with Crippen LogP contribution in [0, 0.1) is 0 Å². The first-order valence-electron chi connectivity index (χ1n) is 6.69. The maximum absolute atomic E-state index is 6.48. The number of ether oxygens (including phenoxy) is 2. The molecule has 18 heavy (non-hydrogen) atoms. The first kappa shape index (κ1) is 13.7. The molecule has 0 spiro atoms. The van der Waals surface area contributed by atoms with Gasteiger partial charge in [-0.3, -0.25) is 0 Å². The first-order chi connectivity index (χ1) is 8.66. The van der Waals surface area contributed by atoms with Crippen LogP contribution in [0.1, 0.15) is 44.1 Å². The molecule has 2 rings (SSSR count). The van der Waals surface area contributed by atoms with E-state index < -0.39 is 0 Å². The van der Waals surface area contributed by atoms with E-state index in [1.165, 1.54) is 6.42 Å². The molecule has 3 heteroatoms. The van der Waals surface area contributed by atoms with Crippen LogP contribution in [0.5, 0.6) is 5.75 Å². The average molecular weight is 269 g/mol. The van der Waals surface area contributed by atoms with Crippen LogP contribution >= 0.6 is 11.6 Å². The topological polar surface area (TPSA) is 18.5 Å². The molecule has 1 heterocycles. The van der Waals surface area contributed by atoms with Crippen molar-refractivity contribution in [2.24, 2.45) is 0 Å². The largest absolute Gasteiger partial charge is 0.491 e.